The zero-order valence-electron chi connectivity index (χ0n) is 13.3. The van der Waals surface area contributed by atoms with E-state index in [1.165, 1.54) is 6.07 Å². The molecule has 1 saturated carbocycles. The molecule has 3 N–H and O–H groups in total. The van der Waals surface area contributed by atoms with Gasteiger partial charge in [0, 0.05) is 18.3 Å². The van der Waals surface area contributed by atoms with Gasteiger partial charge in [0.1, 0.15) is 0 Å². The highest BCUT2D eigenvalue weighted by molar-refractivity contribution is 7.92. The predicted octanol–water partition coefficient (Wildman–Crippen LogP) is 2.30. The molecular formula is C16H24N2O4S. The monoisotopic (exact) mass is 340 g/mol. The Morgan fingerprint density at radius 3 is 2.70 bits per heavy atom. The van der Waals surface area contributed by atoms with Crippen LogP contribution in [0.2, 0.25) is 0 Å². The van der Waals surface area contributed by atoms with E-state index in [1.54, 1.807) is 25.1 Å². The molecule has 1 aliphatic rings. The predicted molar refractivity (Wildman–Crippen MR) is 89.2 cm³/mol. The van der Waals surface area contributed by atoms with Crippen LogP contribution < -0.4 is 10.6 Å². The van der Waals surface area contributed by atoms with Gasteiger partial charge in [0.15, 0.2) is 9.84 Å². The molecule has 0 spiro atoms. The Morgan fingerprint density at radius 2 is 2.04 bits per heavy atom. The Hall–Kier alpha value is -1.60. The van der Waals surface area contributed by atoms with Crippen LogP contribution in [-0.2, 0) is 9.84 Å². The number of aliphatic hydroxyl groups is 1. The van der Waals surface area contributed by atoms with Gasteiger partial charge in [-0.15, -0.1) is 0 Å². The van der Waals surface area contributed by atoms with Crippen molar-refractivity contribution in [3.8, 4) is 0 Å². The molecule has 1 fully saturated rings. The maximum Gasteiger partial charge on any atom is 0.319 e. The van der Waals surface area contributed by atoms with Crippen molar-refractivity contribution in [2.75, 3.05) is 11.9 Å². The van der Waals surface area contributed by atoms with Crippen LogP contribution in [0, 0.1) is 0 Å². The number of nitrogens with one attached hydrogen (secondary N) is 2. The van der Waals surface area contributed by atoms with Gasteiger partial charge in [0.25, 0.3) is 0 Å². The minimum Gasteiger partial charge on any atom is -0.396 e. The molecule has 128 valence electrons. The van der Waals surface area contributed by atoms with E-state index in [4.69, 9.17) is 5.11 Å². The van der Waals surface area contributed by atoms with E-state index >= 15 is 0 Å². The summed E-state index contributed by atoms with van der Waals surface area (Å²) in [6, 6.07) is 5.79. The molecular weight excluding hydrogens is 316 g/mol. The molecule has 2 rings (SSSR count). The van der Waals surface area contributed by atoms with E-state index in [-0.39, 0.29) is 22.8 Å². The van der Waals surface area contributed by atoms with Gasteiger partial charge < -0.3 is 15.7 Å². The van der Waals surface area contributed by atoms with E-state index in [9.17, 15) is 13.2 Å². The molecule has 1 aromatic rings. The zero-order valence-corrected chi connectivity index (χ0v) is 14.1. The van der Waals surface area contributed by atoms with E-state index in [0.717, 1.165) is 12.8 Å². The lowest BCUT2D eigenvalue weighted by Crippen LogP contribution is -2.36. The normalized spacial score (nSPS) is 17.0. The summed E-state index contributed by atoms with van der Waals surface area (Å²) in [7, 11) is -3.33. The highest BCUT2D eigenvalue weighted by atomic mass is 32.2. The van der Waals surface area contributed by atoms with Gasteiger partial charge in [-0.05, 0) is 44.4 Å². The van der Waals surface area contributed by atoms with Crippen LogP contribution in [0.5, 0.6) is 0 Å². The van der Waals surface area contributed by atoms with Crippen LogP contribution in [0.4, 0.5) is 10.5 Å². The van der Waals surface area contributed by atoms with Crippen LogP contribution in [0.15, 0.2) is 29.2 Å². The molecule has 1 unspecified atom stereocenters. The van der Waals surface area contributed by atoms with Gasteiger partial charge in [-0.1, -0.05) is 18.9 Å². The minimum atomic E-state index is -3.33. The molecule has 0 radical (unpaired) electrons. The third-order valence-electron chi connectivity index (χ3n) is 4.10. The molecule has 1 aromatic carbocycles. The number of urea groups is 1. The maximum atomic E-state index is 12.6. The number of anilines is 1. The molecule has 0 bridgehead atoms. The van der Waals surface area contributed by atoms with Crippen molar-refractivity contribution >= 4 is 21.6 Å². The standard InChI is InChI=1S/C16H24N2O4S/c1-12(9-10-19)17-16(20)18-13-5-4-8-15(11-13)23(21,22)14-6-2-3-7-14/h4-5,8,11-12,14,19H,2-3,6-7,9-10H2,1H3,(H2,17,18,20). The smallest absolute Gasteiger partial charge is 0.319 e. The summed E-state index contributed by atoms with van der Waals surface area (Å²) in [5.41, 5.74) is 0.442. The number of amides is 2. The minimum absolute atomic E-state index is 0.00341. The first-order valence-corrected chi connectivity index (χ1v) is 9.50. The van der Waals surface area contributed by atoms with Crippen LogP contribution in [0.3, 0.4) is 0 Å². The highest BCUT2D eigenvalue weighted by Gasteiger charge is 2.30. The number of rotatable bonds is 6. The summed E-state index contributed by atoms with van der Waals surface area (Å²) in [4.78, 5) is 12.1. The van der Waals surface area contributed by atoms with E-state index in [2.05, 4.69) is 10.6 Å². The van der Waals surface area contributed by atoms with Crippen molar-refractivity contribution in [3.63, 3.8) is 0 Å². The first-order valence-electron chi connectivity index (χ1n) is 7.96. The third-order valence-corrected chi connectivity index (χ3v) is 6.36. The summed E-state index contributed by atoms with van der Waals surface area (Å²) >= 11 is 0. The van der Waals surface area contributed by atoms with Crippen molar-refractivity contribution in [1.82, 2.24) is 5.32 Å². The second-order valence-electron chi connectivity index (χ2n) is 5.99. The Kier molecular flexibility index (Phi) is 6.01. The zero-order chi connectivity index (χ0) is 16.9. The van der Waals surface area contributed by atoms with Gasteiger partial charge in [-0.25, -0.2) is 13.2 Å². The molecule has 6 nitrogen and oxygen atoms in total. The van der Waals surface area contributed by atoms with Gasteiger partial charge >= 0.3 is 6.03 Å². The van der Waals surface area contributed by atoms with Crippen molar-refractivity contribution < 1.29 is 18.3 Å². The number of carbonyl (C=O) groups excluding carboxylic acids is 1. The SMILES string of the molecule is CC(CCO)NC(=O)Nc1cccc(S(=O)(=O)C2CCCC2)c1. The second kappa shape index (κ2) is 7.79. The number of hydrogen-bond donors (Lipinski definition) is 3. The summed E-state index contributed by atoms with van der Waals surface area (Å²) < 4.78 is 25.2. The quantitative estimate of drug-likeness (QED) is 0.740. The van der Waals surface area contributed by atoms with Crippen LogP contribution in [0.1, 0.15) is 39.0 Å². The second-order valence-corrected chi connectivity index (χ2v) is 8.22. The molecule has 1 aliphatic carbocycles. The molecule has 2 amide bonds. The summed E-state index contributed by atoms with van der Waals surface area (Å²) in [5, 5.41) is 13.8. The largest absolute Gasteiger partial charge is 0.396 e. The average Bonchev–Trinajstić information content (AvgIpc) is 3.02. The Balaban J connectivity index is 2.06. The van der Waals surface area contributed by atoms with E-state index in [0.29, 0.717) is 24.9 Å². The van der Waals surface area contributed by atoms with Gasteiger partial charge in [0.05, 0.1) is 10.1 Å². The fourth-order valence-electron chi connectivity index (χ4n) is 2.80. The topological polar surface area (TPSA) is 95.5 Å². The summed E-state index contributed by atoms with van der Waals surface area (Å²) in [6.07, 6.45) is 3.78. The lowest BCUT2D eigenvalue weighted by Gasteiger charge is -2.15. The first-order chi connectivity index (χ1) is 10.9. The lowest BCUT2D eigenvalue weighted by molar-refractivity contribution is 0.241. The number of hydrogen-bond acceptors (Lipinski definition) is 4. The number of carbonyl (C=O) groups is 1. The molecule has 1 atom stereocenters. The van der Waals surface area contributed by atoms with Crippen molar-refractivity contribution in [2.24, 2.45) is 0 Å². The maximum absolute atomic E-state index is 12.6. The average molecular weight is 340 g/mol. The van der Waals surface area contributed by atoms with Gasteiger partial charge in [-0.2, -0.15) is 0 Å². The molecule has 0 aliphatic heterocycles. The van der Waals surface area contributed by atoms with E-state index in [1.807, 2.05) is 0 Å². The van der Waals surface area contributed by atoms with Gasteiger partial charge in [-0.3, -0.25) is 0 Å². The number of aliphatic hydroxyl groups excluding tert-OH is 1. The van der Waals surface area contributed by atoms with Gasteiger partial charge in [0.2, 0.25) is 0 Å². The van der Waals surface area contributed by atoms with Crippen molar-refractivity contribution in [1.29, 1.82) is 0 Å². The number of sulfone groups is 1. The molecule has 0 saturated heterocycles. The molecule has 23 heavy (non-hydrogen) atoms. The number of benzene rings is 1. The molecule has 7 heteroatoms. The molecule has 0 heterocycles. The van der Waals surface area contributed by atoms with Crippen molar-refractivity contribution in [2.45, 2.75) is 55.2 Å². The fraction of sp³-hybridized carbons (Fsp3) is 0.562. The summed E-state index contributed by atoms with van der Waals surface area (Å²) in [6.45, 7) is 1.79. The lowest BCUT2D eigenvalue weighted by atomic mass is 10.2. The van der Waals surface area contributed by atoms with E-state index < -0.39 is 15.9 Å². The molecule has 0 aromatic heterocycles. The highest BCUT2D eigenvalue weighted by Crippen LogP contribution is 2.30. The van der Waals surface area contributed by atoms with Crippen LogP contribution in [0.25, 0.3) is 0 Å². The van der Waals surface area contributed by atoms with Crippen LogP contribution in [-0.4, -0.2) is 37.5 Å². The Morgan fingerprint density at radius 1 is 1.35 bits per heavy atom. The first kappa shape index (κ1) is 17.7. The summed E-state index contributed by atoms with van der Waals surface area (Å²) in [5.74, 6) is 0. The Bertz CT molecular complexity index is 639. The third kappa shape index (κ3) is 4.68. The Labute approximate surface area is 137 Å². The van der Waals surface area contributed by atoms with Crippen LogP contribution >= 0.6 is 0 Å². The fourth-order valence-corrected chi connectivity index (χ4v) is 4.70. The van der Waals surface area contributed by atoms with Crippen molar-refractivity contribution in [3.05, 3.63) is 24.3 Å².